The van der Waals surface area contributed by atoms with E-state index in [1.807, 2.05) is 12.1 Å². The van der Waals surface area contributed by atoms with Gasteiger partial charge in [0.2, 0.25) is 0 Å². The predicted octanol–water partition coefficient (Wildman–Crippen LogP) is 2.75. The Hall–Kier alpha value is -1.26. The standard InChI is InChI=1S/C17H28N2O2/c1-3-4-10-19(13-15-6-5-9-18-15)12-14-7-8-16(21-2)11-17(14)20/h7-8,11,15,18,20H,3-6,9-10,12-13H2,1-2H3. The molecule has 1 aromatic rings. The van der Waals surface area contributed by atoms with Crippen molar-refractivity contribution in [2.75, 3.05) is 26.7 Å². The van der Waals surface area contributed by atoms with Gasteiger partial charge in [0.25, 0.3) is 0 Å². The molecule has 0 aliphatic carbocycles. The predicted molar refractivity (Wildman–Crippen MR) is 85.9 cm³/mol. The second kappa shape index (κ2) is 8.25. The lowest BCUT2D eigenvalue weighted by Crippen LogP contribution is -2.37. The Bertz CT molecular complexity index is 431. The minimum absolute atomic E-state index is 0.329. The second-order valence-corrected chi connectivity index (χ2v) is 5.88. The highest BCUT2D eigenvalue weighted by Crippen LogP contribution is 2.25. The van der Waals surface area contributed by atoms with Crippen LogP contribution in [-0.2, 0) is 6.54 Å². The van der Waals surface area contributed by atoms with E-state index in [9.17, 15) is 5.11 Å². The maximum absolute atomic E-state index is 10.1. The van der Waals surface area contributed by atoms with Gasteiger partial charge in [0, 0.05) is 30.8 Å². The Balaban J connectivity index is 1.99. The number of hydrogen-bond donors (Lipinski definition) is 2. The fourth-order valence-corrected chi connectivity index (χ4v) is 2.89. The molecule has 0 spiro atoms. The smallest absolute Gasteiger partial charge is 0.123 e. The first-order chi connectivity index (χ1) is 10.2. The van der Waals surface area contributed by atoms with Crippen molar-refractivity contribution in [2.45, 2.75) is 45.2 Å². The Morgan fingerprint density at radius 1 is 1.43 bits per heavy atom. The zero-order chi connectivity index (χ0) is 15.1. The highest BCUT2D eigenvalue weighted by molar-refractivity contribution is 5.39. The average molecular weight is 292 g/mol. The molecule has 0 amide bonds. The summed E-state index contributed by atoms with van der Waals surface area (Å²) in [7, 11) is 1.62. The molecule has 1 aromatic carbocycles. The van der Waals surface area contributed by atoms with Gasteiger partial charge in [0.15, 0.2) is 0 Å². The highest BCUT2D eigenvalue weighted by Gasteiger charge is 2.18. The Morgan fingerprint density at radius 3 is 2.90 bits per heavy atom. The zero-order valence-corrected chi connectivity index (χ0v) is 13.3. The van der Waals surface area contributed by atoms with Crippen molar-refractivity contribution >= 4 is 0 Å². The Morgan fingerprint density at radius 2 is 2.29 bits per heavy atom. The van der Waals surface area contributed by atoms with Crippen LogP contribution in [0, 0.1) is 0 Å². The molecule has 0 saturated carbocycles. The van der Waals surface area contributed by atoms with Crippen molar-refractivity contribution in [3.8, 4) is 11.5 Å². The summed E-state index contributed by atoms with van der Waals surface area (Å²) in [5.74, 6) is 1.03. The van der Waals surface area contributed by atoms with E-state index in [0.29, 0.717) is 17.5 Å². The third-order valence-electron chi connectivity index (χ3n) is 4.16. The van der Waals surface area contributed by atoms with Crippen molar-refractivity contribution in [3.63, 3.8) is 0 Å². The molecule has 0 aromatic heterocycles. The largest absolute Gasteiger partial charge is 0.507 e. The van der Waals surface area contributed by atoms with E-state index in [-0.39, 0.29) is 0 Å². The van der Waals surface area contributed by atoms with Crippen molar-refractivity contribution in [1.82, 2.24) is 10.2 Å². The number of unbranched alkanes of at least 4 members (excludes halogenated alkanes) is 1. The van der Waals surface area contributed by atoms with Crippen LogP contribution >= 0.6 is 0 Å². The molecule has 4 nitrogen and oxygen atoms in total. The summed E-state index contributed by atoms with van der Waals surface area (Å²) in [6.45, 7) is 6.30. The van der Waals surface area contributed by atoms with Gasteiger partial charge in [-0.05, 0) is 38.4 Å². The normalized spacial score (nSPS) is 18.3. The molecular weight excluding hydrogens is 264 g/mol. The van der Waals surface area contributed by atoms with Crippen LogP contribution in [0.25, 0.3) is 0 Å². The molecule has 2 N–H and O–H groups in total. The Kier molecular flexibility index (Phi) is 6.33. The van der Waals surface area contributed by atoms with Gasteiger partial charge in [-0.25, -0.2) is 0 Å². The number of aromatic hydroxyl groups is 1. The lowest BCUT2D eigenvalue weighted by atomic mass is 10.1. The monoisotopic (exact) mass is 292 g/mol. The van der Waals surface area contributed by atoms with Gasteiger partial charge < -0.3 is 15.2 Å². The number of benzene rings is 1. The van der Waals surface area contributed by atoms with Crippen LogP contribution in [0.4, 0.5) is 0 Å². The quantitative estimate of drug-likeness (QED) is 0.773. The minimum atomic E-state index is 0.329. The molecule has 1 atom stereocenters. The maximum Gasteiger partial charge on any atom is 0.123 e. The molecular formula is C17H28N2O2. The number of nitrogens with zero attached hydrogens (tertiary/aromatic N) is 1. The zero-order valence-electron chi connectivity index (χ0n) is 13.3. The summed E-state index contributed by atoms with van der Waals surface area (Å²) in [5, 5.41) is 13.7. The van der Waals surface area contributed by atoms with E-state index >= 15 is 0 Å². The number of hydrogen-bond acceptors (Lipinski definition) is 4. The fourth-order valence-electron chi connectivity index (χ4n) is 2.89. The van der Waals surface area contributed by atoms with E-state index in [1.165, 1.54) is 25.7 Å². The minimum Gasteiger partial charge on any atom is -0.507 e. The van der Waals surface area contributed by atoms with Crippen LogP contribution < -0.4 is 10.1 Å². The molecule has 1 heterocycles. The number of methoxy groups -OCH3 is 1. The number of ether oxygens (including phenoxy) is 1. The summed E-state index contributed by atoms with van der Waals surface area (Å²) in [6, 6.07) is 6.18. The Labute approximate surface area is 128 Å². The molecule has 118 valence electrons. The first-order valence-corrected chi connectivity index (χ1v) is 8.04. The molecule has 0 radical (unpaired) electrons. The van der Waals surface area contributed by atoms with E-state index in [1.54, 1.807) is 13.2 Å². The first kappa shape index (κ1) is 16.1. The molecule has 4 heteroatoms. The average Bonchev–Trinajstić information content (AvgIpc) is 2.99. The van der Waals surface area contributed by atoms with E-state index in [0.717, 1.165) is 31.7 Å². The highest BCUT2D eigenvalue weighted by atomic mass is 16.5. The number of nitrogens with one attached hydrogen (secondary N) is 1. The van der Waals surface area contributed by atoms with Crippen LogP contribution in [0.3, 0.4) is 0 Å². The lowest BCUT2D eigenvalue weighted by Gasteiger charge is -2.26. The number of phenolic OH excluding ortho intramolecular Hbond substituents is 1. The molecule has 1 aliphatic heterocycles. The molecule has 2 rings (SSSR count). The van der Waals surface area contributed by atoms with Crippen molar-refractivity contribution < 1.29 is 9.84 Å². The van der Waals surface area contributed by atoms with Crippen LogP contribution in [0.5, 0.6) is 11.5 Å². The summed E-state index contributed by atoms with van der Waals surface area (Å²) in [6.07, 6.45) is 4.93. The van der Waals surface area contributed by atoms with Gasteiger partial charge in [-0.1, -0.05) is 19.4 Å². The van der Waals surface area contributed by atoms with Gasteiger partial charge in [0.1, 0.15) is 11.5 Å². The SMILES string of the molecule is CCCCN(Cc1ccc(OC)cc1O)CC1CCCN1. The molecule has 1 fully saturated rings. The molecule has 1 unspecified atom stereocenters. The molecule has 21 heavy (non-hydrogen) atoms. The van der Waals surface area contributed by atoms with Crippen LogP contribution in [0.15, 0.2) is 18.2 Å². The van der Waals surface area contributed by atoms with Crippen LogP contribution in [-0.4, -0.2) is 42.8 Å². The molecule has 0 bridgehead atoms. The molecule has 1 saturated heterocycles. The third-order valence-corrected chi connectivity index (χ3v) is 4.16. The van der Waals surface area contributed by atoms with Gasteiger partial charge in [-0.2, -0.15) is 0 Å². The fraction of sp³-hybridized carbons (Fsp3) is 0.647. The van der Waals surface area contributed by atoms with E-state index in [2.05, 4.69) is 17.1 Å². The third kappa shape index (κ3) is 4.90. The van der Waals surface area contributed by atoms with Crippen LogP contribution in [0.2, 0.25) is 0 Å². The lowest BCUT2D eigenvalue weighted by molar-refractivity contribution is 0.235. The van der Waals surface area contributed by atoms with E-state index < -0.39 is 0 Å². The van der Waals surface area contributed by atoms with Crippen molar-refractivity contribution in [1.29, 1.82) is 0 Å². The topological polar surface area (TPSA) is 44.7 Å². The van der Waals surface area contributed by atoms with Crippen molar-refractivity contribution in [3.05, 3.63) is 23.8 Å². The summed E-state index contributed by atoms with van der Waals surface area (Å²) in [5.41, 5.74) is 0.977. The second-order valence-electron chi connectivity index (χ2n) is 5.88. The maximum atomic E-state index is 10.1. The van der Waals surface area contributed by atoms with Gasteiger partial charge in [-0.3, -0.25) is 4.90 Å². The van der Waals surface area contributed by atoms with Gasteiger partial charge >= 0.3 is 0 Å². The number of phenols is 1. The number of rotatable bonds is 8. The van der Waals surface area contributed by atoms with Crippen LogP contribution in [0.1, 0.15) is 38.2 Å². The molecule has 1 aliphatic rings. The summed E-state index contributed by atoms with van der Waals surface area (Å²) in [4.78, 5) is 2.45. The van der Waals surface area contributed by atoms with Gasteiger partial charge in [0.05, 0.1) is 7.11 Å². The summed E-state index contributed by atoms with van der Waals surface area (Å²) < 4.78 is 5.14. The van der Waals surface area contributed by atoms with E-state index in [4.69, 9.17) is 4.74 Å². The summed E-state index contributed by atoms with van der Waals surface area (Å²) >= 11 is 0. The van der Waals surface area contributed by atoms with Gasteiger partial charge in [-0.15, -0.1) is 0 Å². The van der Waals surface area contributed by atoms with Crippen molar-refractivity contribution in [2.24, 2.45) is 0 Å². The first-order valence-electron chi connectivity index (χ1n) is 8.04.